The number of amides is 1. The van der Waals surface area contributed by atoms with Crippen LogP contribution in [0.5, 0.6) is 11.5 Å². The van der Waals surface area contributed by atoms with Crippen LogP contribution in [0.15, 0.2) is 83.0 Å². The highest BCUT2D eigenvalue weighted by atomic mass is 79.9. The van der Waals surface area contributed by atoms with E-state index < -0.39 is 11.9 Å². The third-order valence-electron chi connectivity index (χ3n) is 5.40. The van der Waals surface area contributed by atoms with Crippen LogP contribution in [0, 0.1) is 0 Å². The number of rotatable bonds is 6. The Morgan fingerprint density at radius 2 is 1.42 bits per heavy atom. The van der Waals surface area contributed by atoms with Crippen molar-refractivity contribution in [2.75, 3.05) is 14.2 Å². The Morgan fingerprint density at radius 3 is 1.97 bits per heavy atom. The van der Waals surface area contributed by atoms with E-state index in [9.17, 15) is 9.90 Å². The smallest absolute Gasteiger partial charge is 0.290 e. The molecule has 0 saturated carbocycles. The molecule has 0 saturated heterocycles. The van der Waals surface area contributed by atoms with Gasteiger partial charge in [-0.3, -0.25) is 4.79 Å². The van der Waals surface area contributed by atoms with Crippen LogP contribution in [-0.4, -0.2) is 30.1 Å². The van der Waals surface area contributed by atoms with Gasteiger partial charge in [-0.25, -0.2) is 0 Å². The highest BCUT2D eigenvalue weighted by Crippen LogP contribution is 2.44. The van der Waals surface area contributed by atoms with Crippen molar-refractivity contribution >= 4 is 27.4 Å². The minimum absolute atomic E-state index is 0.230. The summed E-state index contributed by atoms with van der Waals surface area (Å²) in [6, 6.07) is 22.3. The average Bonchev–Trinajstić information content (AvgIpc) is 3.05. The van der Waals surface area contributed by atoms with E-state index in [4.69, 9.17) is 9.47 Å². The molecule has 1 aliphatic rings. The zero-order valence-electron chi connectivity index (χ0n) is 17.2. The summed E-state index contributed by atoms with van der Waals surface area (Å²) in [5, 5.41) is 10.9. The quantitative estimate of drug-likeness (QED) is 0.505. The fraction of sp³-hybridized carbons (Fsp3) is 0.160. The molecule has 158 valence electrons. The van der Waals surface area contributed by atoms with Gasteiger partial charge in [-0.2, -0.15) is 0 Å². The lowest BCUT2D eigenvalue weighted by Gasteiger charge is -2.27. The van der Waals surface area contributed by atoms with Crippen LogP contribution in [0.25, 0.3) is 5.57 Å². The molecule has 1 N–H and O–H groups in total. The van der Waals surface area contributed by atoms with E-state index in [-0.39, 0.29) is 5.76 Å². The molecular formula is C25H22BrNO4. The Balaban J connectivity index is 1.76. The van der Waals surface area contributed by atoms with Gasteiger partial charge in [0.05, 0.1) is 20.3 Å². The summed E-state index contributed by atoms with van der Waals surface area (Å²) in [7, 11) is 3.22. The maximum Gasteiger partial charge on any atom is 0.290 e. The molecule has 0 radical (unpaired) electrons. The Hall–Kier alpha value is -3.25. The van der Waals surface area contributed by atoms with Crippen LogP contribution in [-0.2, 0) is 11.3 Å². The highest BCUT2D eigenvalue weighted by Gasteiger charge is 2.41. The van der Waals surface area contributed by atoms with Crippen LogP contribution in [0.3, 0.4) is 0 Å². The predicted octanol–water partition coefficient (Wildman–Crippen LogP) is 5.52. The first-order valence-electron chi connectivity index (χ1n) is 9.78. The molecule has 3 aromatic rings. The molecule has 1 aliphatic heterocycles. The largest absolute Gasteiger partial charge is 0.503 e. The minimum Gasteiger partial charge on any atom is -0.503 e. The number of hydrogen-bond donors (Lipinski definition) is 1. The summed E-state index contributed by atoms with van der Waals surface area (Å²) in [5.74, 6) is 0.838. The van der Waals surface area contributed by atoms with E-state index in [1.165, 1.54) is 0 Å². The third-order valence-corrected chi connectivity index (χ3v) is 5.93. The number of aliphatic hydroxyl groups excluding tert-OH is 1. The second-order valence-corrected chi connectivity index (χ2v) is 8.14. The zero-order valence-corrected chi connectivity index (χ0v) is 18.8. The van der Waals surface area contributed by atoms with Crippen molar-refractivity contribution in [2.45, 2.75) is 12.6 Å². The maximum atomic E-state index is 13.1. The van der Waals surface area contributed by atoms with Crippen LogP contribution in [0.2, 0.25) is 0 Å². The standard InChI is InChI=1S/C25H22BrNO4/c1-30-20-11-3-16(4-12-20)15-27-23(18-5-9-19(26)10-6-18)22(24(28)25(27)29)17-7-13-21(31-2)14-8-17/h3-14,23,28H,15H2,1-2H3/t23-/m1/s1. The van der Waals surface area contributed by atoms with Crippen LogP contribution in [0.4, 0.5) is 0 Å². The van der Waals surface area contributed by atoms with Gasteiger partial charge in [-0.05, 0) is 53.1 Å². The number of halogens is 1. The van der Waals surface area contributed by atoms with Gasteiger partial charge in [0, 0.05) is 16.6 Å². The first kappa shape index (κ1) is 21.0. The molecule has 0 aromatic heterocycles. The molecule has 5 nitrogen and oxygen atoms in total. The number of carbonyl (C=O) groups excluding carboxylic acids is 1. The number of hydrogen-bond acceptors (Lipinski definition) is 4. The highest BCUT2D eigenvalue weighted by molar-refractivity contribution is 9.10. The van der Waals surface area contributed by atoms with Gasteiger partial charge < -0.3 is 19.5 Å². The van der Waals surface area contributed by atoms with E-state index >= 15 is 0 Å². The molecule has 1 atom stereocenters. The SMILES string of the molecule is COc1ccc(CN2C(=O)C(O)=C(c3ccc(OC)cc3)[C@H]2c2ccc(Br)cc2)cc1. The van der Waals surface area contributed by atoms with E-state index in [0.717, 1.165) is 26.9 Å². The molecular weight excluding hydrogens is 458 g/mol. The first-order chi connectivity index (χ1) is 15.0. The first-order valence-corrected chi connectivity index (χ1v) is 10.6. The molecule has 0 spiro atoms. The van der Waals surface area contributed by atoms with Gasteiger partial charge in [0.15, 0.2) is 5.76 Å². The molecule has 0 unspecified atom stereocenters. The molecule has 1 amide bonds. The molecule has 1 heterocycles. The van der Waals surface area contributed by atoms with Crippen LogP contribution in [0.1, 0.15) is 22.7 Å². The summed E-state index contributed by atoms with van der Waals surface area (Å²) >= 11 is 3.47. The molecule has 3 aromatic carbocycles. The van der Waals surface area contributed by atoms with Crippen molar-refractivity contribution in [1.82, 2.24) is 4.90 Å². The van der Waals surface area contributed by atoms with Gasteiger partial charge >= 0.3 is 0 Å². The zero-order chi connectivity index (χ0) is 22.0. The van der Waals surface area contributed by atoms with Crippen molar-refractivity contribution in [2.24, 2.45) is 0 Å². The van der Waals surface area contributed by atoms with Crippen molar-refractivity contribution in [3.8, 4) is 11.5 Å². The third kappa shape index (κ3) is 4.16. The number of methoxy groups -OCH3 is 2. The molecule has 6 heteroatoms. The average molecular weight is 480 g/mol. The normalized spacial score (nSPS) is 16.0. The number of benzene rings is 3. The lowest BCUT2D eigenvalue weighted by atomic mass is 9.93. The van der Waals surface area contributed by atoms with Crippen LogP contribution >= 0.6 is 15.9 Å². The molecule has 0 aliphatic carbocycles. The van der Waals surface area contributed by atoms with E-state index in [2.05, 4.69) is 15.9 Å². The maximum absolute atomic E-state index is 13.1. The lowest BCUT2D eigenvalue weighted by Crippen LogP contribution is -2.29. The Morgan fingerprint density at radius 1 is 0.871 bits per heavy atom. The second-order valence-electron chi connectivity index (χ2n) is 7.23. The topological polar surface area (TPSA) is 59.0 Å². The summed E-state index contributed by atoms with van der Waals surface area (Å²) in [4.78, 5) is 14.8. The van der Waals surface area contributed by atoms with Crippen molar-refractivity contribution in [3.05, 3.63) is 99.7 Å². The van der Waals surface area contributed by atoms with Crippen molar-refractivity contribution in [1.29, 1.82) is 0 Å². The molecule has 4 rings (SSSR count). The second kappa shape index (κ2) is 8.86. The monoisotopic (exact) mass is 479 g/mol. The summed E-state index contributed by atoms with van der Waals surface area (Å²) in [6.45, 7) is 0.354. The number of nitrogens with zero attached hydrogens (tertiary/aromatic N) is 1. The van der Waals surface area contributed by atoms with E-state index in [1.54, 1.807) is 19.1 Å². The number of ether oxygens (including phenoxy) is 2. The van der Waals surface area contributed by atoms with Crippen LogP contribution < -0.4 is 9.47 Å². The number of carbonyl (C=O) groups is 1. The Kier molecular flexibility index (Phi) is 6.00. The fourth-order valence-corrected chi connectivity index (χ4v) is 4.07. The van der Waals surface area contributed by atoms with Gasteiger partial charge in [-0.15, -0.1) is 0 Å². The van der Waals surface area contributed by atoms with Gasteiger partial charge in [0.2, 0.25) is 0 Å². The molecule has 0 bridgehead atoms. The number of aliphatic hydroxyl groups is 1. The lowest BCUT2D eigenvalue weighted by molar-refractivity contribution is -0.130. The fourth-order valence-electron chi connectivity index (χ4n) is 3.80. The van der Waals surface area contributed by atoms with E-state index in [0.29, 0.717) is 17.9 Å². The van der Waals surface area contributed by atoms with E-state index in [1.807, 2.05) is 72.8 Å². The van der Waals surface area contributed by atoms with Crippen molar-refractivity contribution in [3.63, 3.8) is 0 Å². The molecule has 31 heavy (non-hydrogen) atoms. The van der Waals surface area contributed by atoms with Gasteiger partial charge in [0.25, 0.3) is 5.91 Å². The van der Waals surface area contributed by atoms with Gasteiger partial charge in [0.1, 0.15) is 11.5 Å². The molecule has 0 fully saturated rings. The summed E-state index contributed by atoms with van der Waals surface area (Å²) in [5.41, 5.74) is 3.22. The Bertz CT molecular complexity index is 1110. The summed E-state index contributed by atoms with van der Waals surface area (Å²) < 4.78 is 11.4. The minimum atomic E-state index is -0.420. The summed E-state index contributed by atoms with van der Waals surface area (Å²) in [6.07, 6.45) is 0. The Labute approximate surface area is 189 Å². The van der Waals surface area contributed by atoms with Crippen molar-refractivity contribution < 1.29 is 19.4 Å². The van der Waals surface area contributed by atoms with Gasteiger partial charge in [-0.1, -0.05) is 52.3 Å². The predicted molar refractivity (Wildman–Crippen MR) is 123 cm³/mol.